The van der Waals surface area contributed by atoms with Crippen molar-refractivity contribution in [3.8, 4) is 11.6 Å². The van der Waals surface area contributed by atoms with E-state index < -0.39 is 50.9 Å². The molecule has 3 aromatic rings. The number of hydrogen-bond donors (Lipinski definition) is 2. The Labute approximate surface area is 217 Å². The summed E-state index contributed by atoms with van der Waals surface area (Å²) in [6, 6.07) is 2.86. The number of aliphatic hydroxyl groups is 1. The zero-order chi connectivity index (χ0) is 28.5. The van der Waals surface area contributed by atoms with Crippen molar-refractivity contribution in [3.63, 3.8) is 0 Å². The maximum Gasteiger partial charge on any atom is 0.420 e. The minimum Gasteiger partial charge on any atom is -0.437 e. The molecule has 3 aromatic heterocycles. The lowest BCUT2D eigenvalue weighted by molar-refractivity contribution is -0.139. The Bertz CT molecular complexity index is 1430. The van der Waals surface area contributed by atoms with Gasteiger partial charge in [0.1, 0.15) is 5.56 Å². The number of sulfone groups is 1. The van der Waals surface area contributed by atoms with E-state index in [9.17, 15) is 31.5 Å². The highest BCUT2D eigenvalue weighted by Crippen LogP contribution is 2.41. The number of ether oxygens (including phenoxy) is 1. The summed E-state index contributed by atoms with van der Waals surface area (Å²) >= 11 is 0. The highest BCUT2D eigenvalue weighted by atomic mass is 32.2. The van der Waals surface area contributed by atoms with E-state index in [1.165, 1.54) is 36.9 Å². The molecule has 0 aromatic carbocycles. The molecule has 0 aliphatic carbocycles. The molecule has 3 heterocycles. The Balaban J connectivity index is 1.93. The van der Waals surface area contributed by atoms with E-state index in [1.807, 2.05) is 0 Å². The lowest BCUT2D eigenvalue weighted by Crippen LogP contribution is -2.27. The van der Waals surface area contributed by atoms with Crippen LogP contribution in [-0.2, 0) is 34.7 Å². The van der Waals surface area contributed by atoms with Crippen LogP contribution in [0.3, 0.4) is 0 Å². The van der Waals surface area contributed by atoms with Gasteiger partial charge in [0.2, 0.25) is 5.88 Å². The van der Waals surface area contributed by atoms with Crippen LogP contribution in [0.15, 0.2) is 35.6 Å². The minimum absolute atomic E-state index is 0.0516. The van der Waals surface area contributed by atoms with E-state index >= 15 is 0 Å². The average Bonchev–Trinajstić information content (AvgIpc) is 3.18. The van der Waals surface area contributed by atoms with Crippen molar-refractivity contribution in [2.24, 2.45) is 0 Å². The van der Waals surface area contributed by atoms with Gasteiger partial charge in [0.25, 0.3) is 5.91 Å². The quantitative estimate of drug-likeness (QED) is 0.429. The number of rotatable bonds is 8. The van der Waals surface area contributed by atoms with Crippen molar-refractivity contribution >= 4 is 15.7 Å². The zero-order valence-corrected chi connectivity index (χ0v) is 22.2. The van der Waals surface area contributed by atoms with Gasteiger partial charge in [0.15, 0.2) is 21.3 Å². The topological polar surface area (TPSA) is 136 Å². The van der Waals surface area contributed by atoms with Crippen LogP contribution < -0.4 is 10.1 Å². The summed E-state index contributed by atoms with van der Waals surface area (Å²) in [4.78, 5) is 20.9. The van der Waals surface area contributed by atoms with Crippen molar-refractivity contribution in [1.82, 2.24) is 25.1 Å². The molecule has 10 nitrogen and oxygen atoms in total. The molecule has 0 saturated carbocycles. The number of pyridine rings is 2. The van der Waals surface area contributed by atoms with Crippen molar-refractivity contribution in [3.05, 3.63) is 58.8 Å². The third-order valence-electron chi connectivity index (χ3n) is 5.54. The third kappa shape index (κ3) is 6.13. The van der Waals surface area contributed by atoms with Crippen LogP contribution in [-0.4, -0.2) is 44.9 Å². The van der Waals surface area contributed by atoms with Crippen LogP contribution in [0.1, 0.15) is 60.6 Å². The molecule has 14 heteroatoms. The van der Waals surface area contributed by atoms with Crippen LogP contribution >= 0.6 is 0 Å². The highest BCUT2D eigenvalue weighted by molar-refractivity contribution is 7.91. The number of alkyl halides is 3. The van der Waals surface area contributed by atoms with Crippen molar-refractivity contribution < 1.29 is 36.2 Å². The van der Waals surface area contributed by atoms with E-state index in [1.54, 1.807) is 20.8 Å². The molecule has 0 saturated heterocycles. The molecule has 0 bridgehead atoms. The Hall–Kier alpha value is -3.52. The predicted molar refractivity (Wildman–Crippen MR) is 130 cm³/mol. The predicted octanol–water partition coefficient (Wildman–Crippen LogP) is 3.76. The molecule has 0 radical (unpaired) electrons. The zero-order valence-electron chi connectivity index (χ0n) is 21.4. The first-order valence-electron chi connectivity index (χ1n) is 11.5. The van der Waals surface area contributed by atoms with Crippen LogP contribution in [0.5, 0.6) is 11.6 Å². The van der Waals surface area contributed by atoms with Gasteiger partial charge in [-0.3, -0.25) is 14.8 Å². The molecule has 2 N–H and O–H groups in total. The maximum atomic E-state index is 13.8. The molecule has 0 spiro atoms. The van der Waals surface area contributed by atoms with Crippen LogP contribution in [0.25, 0.3) is 0 Å². The van der Waals surface area contributed by atoms with Gasteiger partial charge < -0.3 is 15.2 Å². The second-order valence-electron chi connectivity index (χ2n) is 9.36. The number of nitrogens with one attached hydrogen (secondary N) is 1. The first-order chi connectivity index (χ1) is 17.6. The average molecular weight is 556 g/mol. The van der Waals surface area contributed by atoms with E-state index in [0.29, 0.717) is 5.69 Å². The number of carbonyl (C=O) groups is 1. The second-order valence-corrected chi connectivity index (χ2v) is 11.6. The molecular formula is C24H28F3N5O5S. The number of hydrogen-bond acceptors (Lipinski definition) is 8. The number of halogens is 3. The summed E-state index contributed by atoms with van der Waals surface area (Å²) in [5.74, 6) is -1.45. The highest BCUT2D eigenvalue weighted by Gasteiger charge is 2.38. The minimum atomic E-state index is -4.84. The Kier molecular flexibility index (Phi) is 8.17. The summed E-state index contributed by atoms with van der Waals surface area (Å²) < 4.78 is 72.3. The fourth-order valence-electron chi connectivity index (χ4n) is 3.50. The number of nitrogens with zero attached hydrogens (tertiary/aromatic N) is 4. The molecule has 0 aliphatic heterocycles. The van der Waals surface area contributed by atoms with Crippen LogP contribution in [0, 0.1) is 6.92 Å². The van der Waals surface area contributed by atoms with Crippen LogP contribution in [0.2, 0.25) is 0 Å². The van der Waals surface area contributed by atoms with Crippen molar-refractivity contribution in [2.45, 2.75) is 64.4 Å². The number of aliphatic hydroxyl groups excluding tert-OH is 1. The molecule has 1 amide bonds. The van der Waals surface area contributed by atoms with Gasteiger partial charge in [0, 0.05) is 23.5 Å². The van der Waals surface area contributed by atoms with Gasteiger partial charge in [-0.25, -0.2) is 13.1 Å². The third-order valence-corrected chi connectivity index (χ3v) is 7.26. The fourth-order valence-corrected chi connectivity index (χ4v) is 4.32. The van der Waals surface area contributed by atoms with E-state index in [4.69, 9.17) is 4.74 Å². The number of aromatic nitrogens is 4. The SMILES string of the molecule is CCS(=O)(=O)c1ccc(CNC(=O)c2nn(C(C)(C)C)c(Oc3cncc(CO)c3C(F)(F)F)c2C)nc1. The van der Waals surface area contributed by atoms with Gasteiger partial charge in [-0.15, -0.1) is 0 Å². The second kappa shape index (κ2) is 10.7. The largest absolute Gasteiger partial charge is 0.437 e. The summed E-state index contributed by atoms with van der Waals surface area (Å²) in [5, 5.41) is 16.3. The van der Waals surface area contributed by atoms with Gasteiger partial charge >= 0.3 is 6.18 Å². The summed E-state index contributed by atoms with van der Waals surface area (Å²) in [6.07, 6.45) is -1.84. The standard InChI is InChI=1S/C24H28F3N5O5S/c1-6-38(35,36)17-8-7-16(29-11-17)10-30-21(34)20-14(2)22(32(31-20)23(3,4)5)37-18-12-28-9-15(13-33)19(18)24(25,26)27/h7-9,11-12,33H,6,10,13H2,1-5H3,(H,30,34). The normalized spacial score (nSPS) is 12.4. The number of carbonyl (C=O) groups excluding carboxylic acids is 1. The molecule has 0 unspecified atom stereocenters. The first-order valence-corrected chi connectivity index (χ1v) is 13.1. The smallest absolute Gasteiger partial charge is 0.420 e. The van der Waals surface area contributed by atoms with E-state index in [0.717, 1.165) is 12.4 Å². The molecular weight excluding hydrogens is 527 g/mol. The Morgan fingerprint density at radius 1 is 1.16 bits per heavy atom. The van der Waals surface area contributed by atoms with Crippen molar-refractivity contribution in [1.29, 1.82) is 0 Å². The van der Waals surface area contributed by atoms with Crippen LogP contribution in [0.4, 0.5) is 13.2 Å². The Morgan fingerprint density at radius 2 is 1.84 bits per heavy atom. The summed E-state index contributed by atoms with van der Waals surface area (Å²) in [5.41, 5.74) is -1.95. The molecule has 206 valence electrons. The van der Waals surface area contributed by atoms with Gasteiger partial charge in [-0.05, 0) is 39.8 Å². The summed E-state index contributed by atoms with van der Waals surface area (Å²) in [7, 11) is -3.42. The van der Waals surface area contributed by atoms with E-state index in [-0.39, 0.29) is 34.3 Å². The maximum absolute atomic E-state index is 13.8. The lowest BCUT2D eigenvalue weighted by Gasteiger charge is -2.23. The Morgan fingerprint density at radius 3 is 2.37 bits per heavy atom. The number of amides is 1. The van der Waals surface area contributed by atoms with Gasteiger partial charge in [0.05, 0.1) is 41.2 Å². The van der Waals surface area contributed by atoms with Gasteiger partial charge in [-0.2, -0.15) is 18.3 Å². The van der Waals surface area contributed by atoms with E-state index in [2.05, 4.69) is 20.4 Å². The summed E-state index contributed by atoms with van der Waals surface area (Å²) in [6.45, 7) is 7.25. The first kappa shape index (κ1) is 29.0. The molecule has 0 aliphatic rings. The fraction of sp³-hybridized carbons (Fsp3) is 0.417. The van der Waals surface area contributed by atoms with Gasteiger partial charge in [-0.1, -0.05) is 6.92 Å². The molecule has 0 atom stereocenters. The molecule has 38 heavy (non-hydrogen) atoms. The molecule has 0 fully saturated rings. The lowest BCUT2D eigenvalue weighted by atomic mass is 10.1. The monoisotopic (exact) mass is 555 g/mol. The van der Waals surface area contributed by atoms with Crippen molar-refractivity contribution in [2.75, 3.05) is 5.75 Å². The molecule has 3 rings (SSSR count).